The van der Waals surface area contributed by atoms with Crippen LogP contribution in [0.25, 0.3) is 0 Å². The standard InChI is InChI=1S/C16H26N2O3/c1-11(2)8-15(10-19)18-16(20)17-14-7-5-6-13(9-14)12(3)21-4/h5-7,9,11-12,15,19H,8,10H2,1-4H3,(H2,17,18,20). The molecule has 0 aliphatic carbocycles. The van der Waals surface area contributed by atoms with Crippen LogP contribution in [-0.4, -0.2) is 30.9 Å². The lowest BCUT2D eigenvalue weighted by Gasteiger charge is -2.19. The van der Waals surface area contributed by atoms with Crippen LogP contribution in [-0.2, 0) is 4.74 Å². The van der Waals surface area contributed by atoms with E-state index in [9.17, 15) is 9.90 Å². The average molecular weight is 294 g/mol. The molecule has 21 heavy (non-hydrogen) atoms. The van der Waals surface area contributed by atoms with Crippen molar-refractivity contribution in [2.45, 2.75) is 39.3 Å². The number of benzene rings is 1. The van der Waals surface area contributed by atoms with Crippen molar-refractivity contribution < 1.29 is 14.6 Å². The SMILES string of the molecule is COC(C)c1cccc(NC(=O)NC(CO)CC(C)C)c1. The Hall–Kier alpha value is -1.59. The van der Waals surface area contributed by atoms with Crippen molar-refractivity contribution >= 4 is 11.7 Å². The van der Waals surface area contributed by atoms with Crippen molar-refractivity contribution in [3.05, 3.63) is 29.8 Å². The molecule has 0 aliphatic heterocycles. The number of amides is 2. The molecule has 1 aromatic carbocycles. The van der Waals surface area contributed by atoms with Crippen LogP contribution in [0.2, 0.25) is 0 Å². The molecule has 2 unspecified atom stereocenters. The molecule has 1 aromatic rings. The number of carbonyl (C=O) groups is 1. The average Bonchev–Trinajstić information content (AvgIpc) is 2.45. The lowest BCUT2D eigenvalue weighted by molar-refractivity contribution is 0.119. The molecule has 0 heterocycles. The highest BCUT2D eigenvalue weighted by Gasteiger charge is 2.13. The zero-order chi connectivity index (χ0) is 15.8. The van der Waals surface area contributed by atoms with Gasteiger partial charge in [0.05, 0.1) is 18.8 Å². The Morgan fingerprint density at radius 2 is 2.05 bits per heavy atom. The highest BCUT2D eigenvalue weighted by atomic mass is 16.5. The fourth-order valence-corrected chi connectivity index (χ4v) is 2.11. The van der Waals surface area contributed by atoms with E-state index in [0.29, 0.717) is 11.6 Å². The number of hydrogen-bond acceptors (Lipinski definition) is 3. The molecule has 0 spiro atoms. The second-order valence-corrected chi connectivity index (χ2v) is 5.61. The first-order chi connectivity index (χ1) is 9.96. The van der Waals surface area contributed by atoms with Crippen LogP contribution in [0.15, 0.2) is 24.3 Å². The van der Waals surface area contributed by atoms with E-state index in [1.165, 1.54) is 0 Å². The number of anilines is 1. The minimum Gasteiger partial charge on any atom is -0.394 e. The maximum atomic E-state index is 11.9. The fraction of sp³-hybridized carbons (Fsp3) is 0.562. The maximum absolute atomic E-state index is 11.9. The Labute approximate surface area is 126 Å². The van der Waals surface area contributed by atoms with Gasteiger partial charge in [-0.25, -0.2) is 4.79 Å². The van der Waals surface area contributed by atoms with E-state index in [1.54, 1.807) is 7.11 Å². The molecule has 2 atom stereocenters. The van der Waals surface area contributed by atoms with Gasteiger partial charge in [0.25, 0.3) is 0 Å². The minimum absolute atomic E-state index is 0.0269. The number of aliphatic hydroxyl groups excluding tert-OH is 1. The maximum Gasteiger partial charge on any atom is 0.319 e. The van der Waals surface area contributed by atoms with Crippen molar-refractivity contribution in [1.82, 2.24) is 5.32 Å². The van der Waals surface area contributed by atoms with Crippen LogP contribution < -0.4 is 10.6 Å². The van der Waals surface area contributed by atoms with Crippen molar-refractivity contribution in [3.63, 3.8) is 0 Å². The highest BCUT2D eigenvalue weighted by Crippen LogP contribution is 2.19. The summed E-state index contributed by atoms with van der Waals surface area (Å²) in [5.41, 5.74) is 1.70. The van der Waals surface area contributed by atoms with Crippen LogP contribution in [0.4, 0.5) is 10.5 Å². The Bertz CT molecular complexity index is 449. The first-order valence-corrected chi connectivity index (χ1v) is 7.27. The summed E-state index contributed by atoms with van der Waals surface area (Å²) in [6.45, 7) is 5.99. The van der Waals surface area contributed by atoms with E-state index >= 15 is 0 Å². The molecular formula is C16H26N2O3. The van der Waals surface area contributed by atoms with Gasteiger partial charge < -0.3 is 20.5 Å². The third-order valence-corrected chi connectivity index (χ3v) is 3.28. The van der Waals surface area contributed by atoms with Gasteiger partial charge in [0.1, 0.15) is 0 Å². The summed E-state index contributed by atoms with van der Waals surface area (Å²) in [6, 6.07) is 6.99. The topological polar surface area (TPSA) is 70.6 Å². The monoisotopic (exact) mass is 294 g/mol. The molecule has 0 fully saturated rings. The first kappa shape index (κ1) is 17.5. The third-order valence-electron chi connectivity index (χ3n) is 3.28. The molecule has 0 radical (unpaired) electrons. The highest BCUT2D eigenvalue weighted by molar-refractivity contribution is 5.89. The summed E-state index contributed by atoms with van der Waals surface area (Å²) in [4.78, 5) is 11.9. The summed E-state index contributed by atoms with van der Waals surface area (Å²) >= 11 is 0. The molecule has 0 bridgehead atoms. The lowest BCUT2D eigenvalue weighted by atomic mass is 10.0. The Morgan fingerprint density at radius 3 is 2.62 bits per heavy atom. The second kappa shape index (κ2) is 8.64. The molecule has 3 N–H and O–H groups in total. The Morgan fingerprint density at radius 1 is 1.33 bits per heavy atom. The van der Waals surface area contributed by atoms with Gasteiger partial charge >= 0.3 is 6.03 Å². The number of hydrogen-bond donors (Lipinski definition) is 3. The van der Waals surface area contributed by atoms with E-state index in [-0.39, 0.29) is 24.8 Å². The molecule has 1 rings (SSSR count). The lowest BCUT2D eigenvalue weighted by Crippen LogP contribution is -2.40. The van der Waals surface area contributed by atoms with E-state index in [1.807, 2.05) is 31.2 Å². The largest absolute Gasteiger partial charge is 0.394 e. The summed E-state index contributed by atoms with van der Waals surface area (Å²) < 4.78 is 5.26. The number of ether oxygens (including phenoxy) is 1. The predicted molar refractivity (Wildman–Crippen MR) is 84.3 cm³/mol. The molecule has 0 aliphatic rings. The zero-order valence-corrected chi connectivity index (χ0v) is 13.2. The van der Waals surface area contributed by atoms with Gasteiger partial charge in [-0.05, 0) is 37.0 Å². The normalized spacial score (nSPS) is 13.8. The second-order valence-electron chi connectivity index (χ2n) is 5.61. The summed E-state index contributed by atoms with van der Waals surface area (Å²) in [6.07, 6.45) is 0.714. The number of carbonyl (C=O) groups excluding carboxylic acids is 1. The molecule has 5 nitrogen and oxygen atoms in total. The molecule has 0 saturated carbocycles. The van der Waals surface area contributed by atoms with Gasteiger partial charge in [-0.1, -0.05) is 26.0 Å². The zero-order valence-electron chi connectivity index (χ0n) is 13.2. The van der Waals surface area contributed by atoms with Gasteiger partial charge in [0.2, 0.25) is 0 Å². The smallest absolute Gasteiger partial charge is 0.319 e. The molecule has 5 heteroatoms. The number of rotatable bonds is 7. The molecular weight excluding hydrogens is 268 g/mol. The molecule has 118 valence electrons. The van der Waals surface area contributed by atoms with Crippen LogP contribution in [0.3, 0.4) is 0 Å². The number of aliphatic hydroxyl groups is 1. The van der Waals surface area contributed by atoms with Crippen LogP contribution in [0, 0.1) is 5.92 Å². The van der Waals surface area contributed by atoms with Gasteiger partial charge in [0.15, 0.2) is 0 Å². The van der Waals surface area contributed by atoms with Crippen molar-refractivity contribution in [3.8, 4) is 0 Å². The van der Waals surface area contributed by atoms with Gasteiger partial charge in [-0.3, -0.25) is 0 Å². The summed E-state index contributed by atoms with van der Waals surface area (Å²) in [7, 11) is 1.65. The van der Waals surface area contributed by atoms with Crippen molar-refractivity contribution in [1.29, 1.82) is 0 Å². The van der Waals surface area contributed by atoms with Crippen molar-refractivity contribution in [2.75, 3.05) is 19.0 Å². The van der Waals surface area contributed by atoms with Crippen LogP contribution in [0.1, 0.15) is 38.9 Å². The van der Waals surface area contributed by atoms with Crippen LogP contribution in [0.5, 0.6) is 0 Å². The molecule has 0 saturated heterocycles. The summed E-state index contributed by atoms with van der Waals surface area (Å²) in [5, 5.41) is 14.8. The third kappa shape index (κ3) is 6.14. The number of nitrogens with one attached hydrogen (secondary N) is 2. The van der Waals surface area contributed by atoms with E-state index in [0.717, 1.165) is 12.0 Å². The Balaban J connectivity index is 2.62. The van der Waals surface area contributed by atoms with Gasteiger partial charge in [-0.15, -0.1) is 0 Å². The number of methoxy groups -OCH3 is 1. The number of urea groups is 1. The predicted octanol–water partition coefficient (Wildman–Crippen LogP) is 2.92. The molecule has 2 amide bonds. The summed E-state index contributed by atoms with van der Waals surface area (Å²) in [5.74, 6) is 0.410. The van der Waals surface area contributed by atoms with E-state index < -0.39 is 0 Å². The van der Waals surface area contributed by atoms with Crippen molar-refractivity contribution in [2.24, 2.45) is 5.92 Å². The van der Waals surface area contributed by atoms with E-state index in [2.05, 4.69) is 24.5 Å². The van der Waals surface area contributed by atoms with E-state index in [4.69, 9.17) is 4.74 Å². The van der Waals surface area contributed by atoms with Gasteiger partial charge in [0, 0.05) is 12.8 Å². The first-order valence-electron chi connectivity index (χ1n) is 7.27. The minimum atomic E-state index is -0.308. The van der Waals surface area contributed by atoms with Gasteiger partial charge in [-0.2, -0.15) is 0 Å². The molecule has 0 aromatic heterocycles. The quantitative estimate of drug-likeness (QED) is 0.724. The van der Waals surface area contributed by atoms with Crippen LogP contribution >= 0.6 is 0 Å². The fourth-order valence-electron chi connectivity index (χ4n) is 2.11. The Kier molecular flexibility index (Phi) is 7.19.